The van der Waals surface area contributed by atoms with Crippen molar-refractivity contribution < 1.29 is 9.13 Å². The van der Waals surface area contributed by atoms with Gasteiger partial charge in [0.1, 0.15) is 5.82 Å². The highest BCUT2D eigenvalue weighted by Crippen LogP contribution is 2.44. The van der Waals surface area contributed by atoms with Crippen LogP contribution in [0.4, 0.5) is 4.39 Å². The van der Waals surface area contributed by atoms with Gasteiger partial charge in [-0.15, -0.1) is 0 Å². The minimum Gasteiger partial charge on any atom is -0.382 e. The van der Waals surface area contributed by atoms with Gasteiger partial charge in [-0.2, -0.15) is 0 Å². The molecule has 0 spiro atoms. The topological polar surface area (TPSA) is 9.23 Å². The van der Waals surface area contributed by atoms with Gasteiger partial charge >= 0.3 is 0 Å². The van der Waals surface area contributed by atoms with Gasteiger partial charge < -0.3 is 4.74 Å². The van der Waals surface area contributed by atoms with E-state index in [1.54, 1.807) is 12.1 Å². The van der Waals surface area contributed by atoms with Crippen molar-refractivity contribution in [1.82, 2.24) is 0 Å². The van der Waals surface area contributed by atoms with E-state index in [-0.39, 0.29) is 10.8 Å². The summed E-state index contributed by atoms with van der Waals surface area (Å²) in [6.45, 7) is 3.86. The summed E-state index contributed by atoms with van der Waals surface area (Å²) in [6.07, 6.45) is 11.9. The smallest absolute Gasteiger partial charge is 0.142 e. The lowest BCUT2D eigenvalue weighted by molar-refractivity contribution is 0.107. The average Bonchev–Trinajstić information content (AvgIpc) is 2.65. The largest absolute Gasteiger partial charge is 0.382 e. The van der Waals surface area contributed by atoms with E-state index in [2.05, 4.69) is 6.92 Å². The quantitative estimate of drug-likeness (QED) is 0.493. The molecule has 0 bridgehead atoms. The fourth-order valence-electron chi connectivity index (χ4n) is 5.03. The second kappa shape index (κ2) is 9.37. The maximum absolute atomic E-state index is 13.7. The van der Waals surface area contributed by atoms with Gasteiger partial charge in [-0.3, -0.25) is 0 Å². The van der Waals surface area contributed by atoms with E-state index in [1.165, 1.54) is 57.8 Å². The van der Waals surface area contributed by atoms with Crippen molar-refractivity contribution in [3.05, 3.63) is 34.6 Å². The zero-order valence-corrected chi connectivity index (χ0v) is 16.2. The van der Waals surface area contributed by atoms with E-state index >= 15 is 0 Å². The number of rotatable bonds is 6. The molecule has 1 aromatic carbocycles. The second-order valence-electron chi connectivity index (χ2n) is 8.05. The van der Waals surface area contributed by atoms with Gasteiger partial charge in [-0.05, 0) is 93.2 Å². The molecule has 2 saturated carbocycles. The van der Waals surface area contributed by atoms with Crippen molar-refractivity contribution in [2.75, 3.05) is 13.2 Å². The van der Waals surface area contributed by atoms with Crippen LogP contribution in [0.15, 0.2) is 18.2 Å². The van der Waals surface area contributed by atoms with Gasteiger partial charge in [0.2, 0.25) is 0 Å². The van der Waals surface area contributed by atoms with Gasteiger partial charge in [0.05, 0.1) is 5.02 Å². The first-order valence-corrected chi connectivity index (χ1v) is 10.6. The Morgan fingerprint density at radius 1 is 1.00 bits per heavy atom. The van der Waals surface area contributed by atoms with Gasteiger partial charge in [-0.25, -0.2) is 4.39 Å². The molecule has 0 saturated heterocycles. The molecule has 0 N–H and O–H groups in total. The molecule has 0 atom stereocenters. The Balaban J connectivity index is 1.43. The van der Waals surface area contributed by atoms with Gasteiger partial charge in [0, 0.05) is 13.2 Å². The molecule has 1 aromatic rings. The highest BCUT2D eigenvalue weighted by Gasteiger charge is 2.31. The molecule has 0 heterocycles. The Morgan fingerprint density at radius 3 is 2.24 bits per heavy atom. The van der Waals surface area contributed by atoms with Gasteiger partial charge in [0.25, 0.3) is 0 Å². The van der Waals surface area contributed by atoms with Crippen molar-refractivity contribution in [3.63, 3.8) is 0 Å². The monoisotopic (exact) mass is 366 g/mol. The van der Waals surface area contributed by atoms with Crippen LogP contribution in [0.3, 0.4) is 0 Å². The van der Waals surface area contributed by atoms with Gasteiger partial charge in [0.15, 0.2) is 0 Å². The lowest BCUT2D eigenvalue weighted by Crippen LogP contribution is -2.25. The predicted octanol–water partition coefficient (Wildman–Crippen LogP) is 6.99. The third-order valence-corrected chi connectivity index (χ3v) is 6.93. The molecular formula is C22H32ClFO. The van der Waals surface area contributed by atoms with E-state index in [1.807, 2.05) is 6.07 Å². The standard InChI is InChI=1S/C22H32ClFO/c1-2-25-14-13-16-3-5-17(6-4-16)18-7-9-19(10-8-18)20-11-12-21(23)22(24)15-20/h11-12,15-19H,2-10,13-14H2,1H3. The van der Waals surface area contributed by atoms with Crippen LogP contribution >= 0.6 is 11.6 Å². The number of benzene rings is 1. The van der Waals surface area contributed by atoms with E-state index in [0.29, 0.717) is 5.92 Å². The van der Waals surface area contributed by atoms with Crippen LogP contribution < -0.4 is 0 Å². The van der Waals surface area contributed by atoms with Gasteiger partial charge in [-0.1, -0.05) is 30.5 Å². The molecule has 140 valence electrons. The Morgan fingerprint density at radius 2 is 1.64 bits per heavy atom. The number of hydrogen-bond acceptors (Lipinski definition) is 1. The molecule has 0 amide bonds. The fraction of sp³-hybridized carbons (Fsp3) is 0.727. The highest BCUT2D eigenvalue weighted by molar-refractivity contribution is 6.30. The zero-order valence-electron chi connectivity index (χ0n) is 15.5. The Labute approximate surface area is 157 Å². The summed E-state index contributed by atoms with van der Waals surface area (Å²) in [5, 5.41) is 0.235. The maximum atomic E-state index is 13.7. The third kappa shape index (κ3) is 5.20. The summed E-state index contributed by atoms with van der Waals surface area (Å²) >= 11 is 5.81. The summed E-state index contributed by atoms with van der Waals surface area (Å²) in [7, 11) is 0. The summed E-state index contributed by atoms with van der Waals surface area (Å²) in [4.78, 5) is 0. The fourth-order valence-corrected chi connectivity index (χ4v) is 5.15. The summed E-state index contributed by atoms with van der Waals surface area (Å²) in [5.41, 5.74) is 1.14. The summed E-state index contributed by atoms with van der Waals surface area (Å²) < 4.78 is 19.2. The van der Waals surface area contributed by atoms with Crippen molar-refractivity contribution in [3.8, 4) is 0 Å². The van der Waals surface area contributed by atoms with Crippen LogP contribution in [0, 0.1) is 23.6 Å². The van der Waals surface area contributed by atoms with Crippen LogP contribution in [0.5, 0.6) is 0 Å². The van der Waals surface area contributed by atoms with Crippen molar-refractivity contribution in [1.29, 1.82) is 0 Å². The molecule has 2 fully saturated rings. The molecule has 0 unspecified atom stereocenters. The Hall–Kier alpha value is -0.600. The van der Waals surface area contributed by atoms with Crippen molar-refractivity contribution >= 4 is 11.6 Å². The van der Waals surface area contributed by atoms with Crippen LogP contribution in [-0.4, -0.2) is 13.2 Å². The van der Waals surface area contributed by atoms with E-state index < -0.39 is 0 Å². The minimum atomic E-state index is -0.272. The lowest BCUT2D eigenvalue weighted by atomic mass is 9.68. The first-order valence-electron chi connectivity index (χ1n) is 10.2. The molecule has 2 aliphatic carbocycles. The van der Waals surface area contributed by atoms with Crippen molar-refractivity contribution in [2.45, 2.75) is 70.6 Å². The second-order valence-corrected chi connectivity index (χ2v) is 8.46. The third-order valence-electron chi connectivity index (χ3n) is 6.62. The minimum absolute atomic E-state index is 0.235. The van der Waals surface area contributed by atoms with Crippen LogP contribution in [-0.2, 0) is 4.74 Å². The van der Waals surface area contributed by atoms with E-state index in [0.717, 1.165) is 36.5 Å². The molecule has 25 heavy (non-hydrogen) atoms. The highest BCUT2D eigenvalue weighted by atomic mass is 35.5. The molecular weight excluding hydrogens is 335 g/mol. The number of hydrogen-bond donors (Lipinski definition) is 0. The molecule has 1 nitrogen and oxygen atoms in total. The number of ether oxygens (including phenoxy) is 1. The first kappa shape index (κ1) is 19.2. The average molecular weight is 367 g/mol. The van der Waals surface area contributed by atoms with E-state index in [4.69, 9.17) is 16.3 Å². The van der Waals surface area contributed by atoms with Crippen molar-refractivity contribution in [2.24, 2.45) is 17.8 Å². The predicted molar refractivity (Wildman–Crippen MR) is 103 cm³/mol. The molecule has 0 aromatic heterocycles. The summed E-state index contributed by atoms with van der Waals surface area (Å²) in [6, 6.07) is 5.37. The van der Waals surface area contributed by atoms with Crippen LogP contribution in [0.1, 0.15) is 76.2 Å². The Kier molecular flexibility index (Phi) is 7.18. The SMILES string of the molecule is CCOCCC1CCC(C2CCC(c3ccc(Cl)c(F)c3)CC2)CC1. The molecule has 3 heteroatoms. The maximum Gasteiger partial charge on any atom is 0.142 e. The molecule has 0 aliphatic heterocycles. The lowest BCUT2D eigenvalue weighted by Gasteiger charge is -2.38. The summed E-state index contributed by atoms with van der Waals surface area (Å²) in [5.74, 6) is 2.95. The molecule has 0 radical (unpaired) electrons. The van der Waals surface area contributed by atoms with E-state index in [9.17, 15) is 4.39 Å². The zero-order chi connectivity index (χ0) is 17.6. The molecule has 3 rings (SSSR count). The first-order chi connectivity index (χ1) is 12.2. The number of halogens is 2. The van der Waals surface area contributed by atoms with Crippen LogP contribution in [0.25, 0.3) is 0 Å². The van der Waals surface area contributed by atoms with Crippen LogP contribution in [0.2, 0.25) is 5.02 Å². The normalized spacial score (nSPS) is 30.4. The Bertz CT molecular complexity index is 531. The molecule has 2 aliphatic rings.